The number of carbonyl (C=O) groups excluding carboxylic acids is 1. The number of ether oxygens (including phenoxy) is 1. The van der Waals surface area contributed by atoms with Crippen LogP contribution in [0, 0.1) is 0 Å². The van der Waals surface area contributed by atoms with Crippen LogP contribution in [0.3, 0.4) is 0 Å². The molecule has 0 N–H and O–H groups in total. The van der Waals surface area contributed by atoms with Crippen molar-refractivity contribution in [3.63, 3.8) is 0 Å². The summed E-state index contributed by atoms with van der Waals surface area (Å²) >= 11 is 1.51. The summed E-state index contributed by atoms with van der Waals surface area (Å²) in [5.74, 6) is -0.362. The number of hydrogen-bond donors (Lipinski definition) is 0. The van der Waals surface area contributed by atoms with E-state index in [1.807, 2.05) is 17.1 Å². The van der Waals surface area contributed by atoms with E-state index in [-0.39, 0.29) is 11.5 Å². The summed E-state index contributed by atoms with van der Waals surface area (Å²) < 4.78 is 7.11. The van der Waals surface area contributed by atoms with Crippen LogP contribution in [0.25, 0.3) is 11.4 Å². The molecule has 0 saturated heterocycles. The molecule has 128 valence electrons. The van der Waals surface area contributed by atoms with Crippen LogP contribution in [0.1, 0.15) is 49.3 Å². The number of rotatable bonds is 3. The average Bonchev–Trinajstić information content (AvgIpc) is 2.95. The molecule has 2 heterocycles. The Balaban J connectivity index is 2.25. The molecule has 1 aliphatic rings. The third kappa shape index (κ3) is 2.81. The SMILES string of the molecule is CCOC(=O)c1nn(C(C)(C)C)c2c1CCc1cnc(SC)nc1-2. The number of nitrogens with zero attached hydrogens (tertiary/aromatic N) is 4. The third-order valence-corrected chi connectivity index (χ3v) is 4.54. The van der Waals surface area contributed by atoms with E-state index in [9.17, 15) is 4.79 Å². The first-order valence-electron chi connectivity index (χ1n) is 8.06. The van der Waals surface area contributed by atoms with Crippen LogP contribution in [-0.4, -0.2) is 38.6 Å². The number of thioether (sulfide) groups is 1. The zero-order valence-electron chi connectivity index (χ0n) is 14.7. The zero-order chi connectivity index (χ0) is 17.5. The fraction of sp³-hybridized carbons (Fsp3) is 0.529. The van der Waals surface area contributed by atoms with Gasteiger partial charge in [-0.05, 0) is 52.4 Å². The average molecular weight is 346 g/mol. The molecule has 0 unspecified atom stereocenters. The van der Waals surface area contributed by atoms with E-state index in [0.717, 1.165) is 40.5 Å². The minimum atomic E-state index is -0.362. The highest BCUT2D eigenvalue weighted by Gasteiger charge is 2.33. The summed E-state index contributed by atoms with van der Waals surface area (Å²) in [4.78, 5) is 21.4. The predicted molar refractivity (Wildman–Crippen MR) is 93.4 cm³/mol. The Labute approximate surface area is 146 Å². The first-order valence-corrected chi connectivity index (χ1v) is 9.29. The van der Waals surface area contributed by atoms with E-state index in [1.54, 1.807) is 6.92 Å². The van der Waals surface area contributed by atoms with Crippen molar-refractivity contribution in [1.29, 1.82) is 0 Å². The molecule has 0 bridgehead atoms. The van der Waals surface area contributed by atoms with Crippen LogP contribution in [-0.2, 0) is 23.1 Å². The number of esters is 1. The van der Waals surface area contributed by atoms with Gasteiger partial charge in [0.15, 0.2) is 10.9 Å². The minimum absolute atomic E-state index is 0.270. The van der Waals surface area contributed by atoms with Crippen LogP contribution >= 0.6 is 11.8 Å². The second-order valence-corrected chi connectivity index (χ2v) is 7.48. The van der Waals surface area contributed by atoms with Crippen LogP contribution in [0.4, 0.5) is 0 Å². The van der Waals surface area contributed by atoms with E-state index in [1.165, 1.54) is 11.8 Å². The largest absolute Gasteiger partial charge is 0.461 e. The van der Waals surface area contributed by atoms with Crippen molar-refractivity contribution in [1.82, 2.24) is 19.7 Å². The summed E-state index contributed by atoms with van der Waals surface area (Å²) in [5.41, 5.74) is 3.98. The maximum atomic E-state index is 12.4. The lowest BCUT2D eigenvalue weighted by Crippen LogP contribution is -2.25. The second kappa shape index (κ2) is 6.20. The normalized spacial score (nSPS) is 13.4. The van der Waals surface area contributed by atoms with Gasteiger partial charge in [0.05, 0.1) is 23.5 Å². The van der Waals surface area contributed by atoms with Gasteiger partial charge in [-0.25, -0.2) is 14.8 Å². The smallest absolute Gasteiger partial charge is 0.359 e. The molecule has 2 aromatic rings. The first kappa shape index (κ1) is 17.0. The van der Waals surface area contributed by atoms with Crippen molar-refractivity contribution >= 4 is 17.7 Å². The third-order valence-electron chi connectivity index (χ3n) is 3.98. The molecular weight excluding hydrogens is 324 g/mol. The van der Waals surface area contributed by atoms with Gasteiger partial charge in [0, 0.05) is 11.8 Å². The summed E-state index contributed by atoms with van der Waals surface area (Å²) in [6.45, 7) is 8.35. The molecule has 6 nitrogen and oxygen atoms in total. The van der Waals surface area contributed by atoms with Crippen LogP contribution in [0.2, 0.25) is 0 Å². The summed E-state index contributed by atoms with van der Waals surface area (Å²) in [7, 11) is 0. The highest BCUT2D eigenvalue weighted by Crippen LogP contribution is 2.37. The minimum Gasteiger partial charge on any atom is -0.461 e. The number of fused-ring (bicyclic) bond motifs is 3. The van der Waals surface area contributed by atoms with Crippen molar-refractivity contribution < 1.29 is 9.53 Å². The van der Waals surface area contributed by atoms with Gasteiger partial charge in [0.2, 0.25) is 0 Å². The second-order valence-electron chi connectivity index (χ2n) is 6.71. The summed E-state index contributed by atoms with van der Waals surface area (Å²) in [6, 6.07) is 0. The van der Waals surface area contributed by atoms with Gasteiger partial charge in [-0.2, -0.15) is 5.10 Å². The topological polar surface area (TPSA) is 69.9 Å². The maximum Gasteiger partial charge on any atom is 0.359 e. The quantitative estimate of drug-likeness (QED) is 0.483. The molecule has 2 aromatic heterocycles. The monoisotopic (exact) mass is 346 g/mol. The number of hydrogen-bond acceptors (Lipinski definition) is 6. The van der Waals surface area contributed by atoms with Crippen LogP contribution in [0.15, 0.2) is 11.4 Å². The lowest BCUT2D eigenvalue weighted by atomic mass is 9.92. The highest BCUT2D eigenvalue weighted by molar-refractivity contribution is 7.98. The van der Waals surface area contributed by atoms with E-state index < -0.39 is 0 Å². The Hall–Kier alpha value is -1.89. The standard InChI is InChI=1S/C17H22N4O2S/c1-6-23-15(22)13-11-8-7-10-9-18-16(24-5)19-12(10)14(11)21(20-13)17(2,3)4/h9H,6-8H2,1-5H3. The Kier molecular flexibility index (Phi) is 4.38. The lowest BCUT2D eigenvalue weighted by Gasteiger charge is -2.25. The van der Waals surface area contributed by atoms with Crippen molar-refractivity contribution in [3.05, 3.63) is 23.0 Å². The summed E-state index contributed by atoms with van der Waals surface area (Å²) in [5, 5.41) is 5.33. The van der Waals surface area contributed by atoms with Crippen molar-refractivity contribution in [3.8, 4) is 11.4 Å². The van der Waals surface area contributed by atoms with Gasteiger partial charge in [-0.15, -0.1) is 0 Å². The Bertz CT molecular complexity index is 793. The Morgan fingerprint density at radius 3 is 2.75 bits per heavy atom. The van der Waals surface area contributed by atoms with Gasteiger partial charge < -0.3 is 4.74 Å². The molecule has 0 saturated carbocycles. The molecule has 0 fully saturated rings. The number of aromatic nitrogens is 4. The van der Waals surface area contributed by atoms with Crippen molar-refractivity contribution in [2.45, 2.75) is 51.2 Å². The molecule has 0 aliphatic heterocycles. The molecule has 0 aromatic carbocycles. The van der Waals surface area contributed by atoms with Gasteiger partial charge in [-0.3, -0.25) is 4.68 Å². The van der Waals surface area contributed by atoms with E-state index in [4.69, 9.17) is 9.72 Å². The van der Waals surface area contributed by atoms with Crippen molar-refractivity contribution in [2.75, 3.05) is 12.9 Å². The lowest BCUT2D eigenvalue weighted by molar-refractivity contribution is 0.0516. The van der Waals surface area contributed by atoms with E-state index in [2.05, 4.69) is 30.9 Å². The molecule has 0 atom stereocenters. The number of carbonyl (C=O) groups is 1. The highest BCUT2D eigenvalue weighted by atomic mass is 32.2. The van der Waals surface area contributed by atoms with Crippen LogP contribution in [0.5, 0.6) is 0 Å². The van der Waals surface area contributed by atoms with Gasteiger partial charge in [-0.1, -0.05) is 11.8 Å². The Morgan fingerprint density at radius 1 is 1.38 bits per heavy atom. The fourth-order valence-corrected chi connectivity index (χ4v) is 3.26. The summed E-state index contributed by atoms with van der Waals surface area (Å²) in [6.07, 6.45) is 5.39. The molecule has 0 amide bonds. The van der Waals surface area contributed by atoms with Crippen molar-refractivity contribution in [2.24, 2.45) is 0 Å². The molecule has 0 radical (unpaired) electrons. The van der Waals surface area contributed by atoms with Gasteiger partial charge in [0.25, 0.3) is 0 Å². The van der Waals surface area contributed by atoms with E-state index >= 15 is 0 Å². The first-order chi connectivity index (χ1) is 11.4. The van der Waals surface area contributed by atoms with Gasteiger partial charge in [0.1, 0.15) is 0 Å². The zero-order valence-corrected chi connectivity index (χ0v) is 15.5. The predicted octanol–water partition coefficient (Wildman–Crippen LogP) is 3.09. The fourth-order valence-electron chi connectivity index (χ4n) is 2.92. The molecule has 1 aliphatic carbocycles. The van der Waals surface area contributed by atoms with Crippen LogP contribution < -0.4 is 0 Å². The maximum absolute atomic E-state index is 12.4. The number of aryl methyl sites for hydroxylation is 1. The molecule has 7 heteroatoms. The molecule has 0 spiro atoms. The van der Waals surface area contributed by atoms with E-state index in [0.29, 0.717) is 12.3 Å². The Morgan fingerprint density at radius 2 is 2.12 bits per heavy atom. The molecule has 24 heavy (non-hydrogen) atoms. The molecule has 3 rings (SSSR count). The van der Waals surface area contributed by atoms with Gasteiger partial charge >= 0.3 is 5.97 Å². The molecular formula is C17H22N4O2S.